The summed E-state index contributed by atoms with van der Waals surface area (Å²) in [7, 11) is 0. The Morgan fingerprint density at radius 3 is 2.54 bits per heavy atom. The van der Waals surface area contributed by atoms with Gasteiger partial charge in [0.2, 0.25) is 5.91 Å². The van der Waals surface area contributed by atoms with Crippen LogP contribution in [0.4, 0.5) is 5.69 Å². The van der Waals surface area contributed by atoms with Crippen LogP contribution in [-0.2, 0) is 4.79 Å². The van der Waals surface area contributed by atoms with Crippen LogP contribution >= 0.6 is 0 Å². The molecular weight excluding hydrogens is 352 g/mol. The van der Waals surface area contributed by atoms with Gasteiger partial charge in [0.05, 0.1) is 17.9 Å². The van der Waals surface area contributed by atoms with Crippen molar-refractivity contribution in [3.05, 3.63) is 77.1 Å². The highest BCUT2D eigenvalue weighted by Crippen LogP contribution is 2.22. The number of anilines is 1. The monoisotopic (exact) mass is 376 g/mol. The third kappa shape index (κ3) is 4.11. The third-order valence-corrected chi connectivity index (χ3v) is 4.65. The van der Waals surface area contributed by atoms with Crippen LogP contribution in [0.1, 0.15) is 47.1 Å². The number of carbonyl (C=O) groups is 2. The van der Waals surface area contributed by atoms with E-state index in [1.54, 1.807) is 30.5 Å². The minimum absolute atomic E-state index is 0.176. The molecule has 0 saturated carbocycles. The molecule has 0 bridgehead atoms. The second-order valence-electron chi connectivity index (χ2n) is 6.84. The summed E-state index contributed by atoms with van der Waals surface area (Å²) in [5.41, 5.74) is 5.17. The molecule has 1 atom stereocenters. The van der Waals surface area contributed by atoms with Gasteiger partial charge in [-0.25, -0.2) is 4.68 Å². The molecule has 1 aromatic heterocycles. The molecule has 144 valence electrons. The molecule has 0 fully saturated rings. The standard InChI is InChI=1S/C22H24N4O2/c1-14-8-5-6-11-21(14)26-16(3)20(13-23-26)15(2)24-22(28)18-9-7-10-19(12-18)25-17(4)27/h5-13,15H,1-4H3,(H,24,28)(H,25,27). The van der Waals surface area contributed by atoms with Gasteiger partial charge in [0.15, 0.2) is 0 Å². The molecule has 28 heavy (non-hydrogen) atoms. The minimum atomic E-state index is -0.213. The minimum Gasteiger partial charge on any atom is -0.345 e. The maximum atomic E-state index is 12.7. The van der Waals surface area contributed by atoms with E-state index in [1.165, 1.54) is 6.92 Å². The lowest BCUT2D eigenvalue weighted by molar-refractivity contribution is -0.114. The van der Waals surface area contributed by atoms with Crippen molar-refractivity contribution in [2.24, 2.45) is 0 Å². The zero-order valence-electron chi connectivity index (χ0n) is 16.5. The largest absolute Gasteiger partial charge is 0.345 e. The lowest BCUT2D eigenvalue weighted by atomic mass is 10.1. The smallest absolute Gasteiger partial charge is 0.251 e. The van der Waals surface area contributed by atoms with Crippen molar-refractivity contribution in [1.82, 2.24) is 15.1 Å². The topological polar surface area (TPSA) is 76.0 Å². The van der Waals surface area contributed by atoms with E-state index in [0.717, 1.165) is 22.5 Å². The number of hydrogen-bond acceptors (Lipinski definition) is 3. The molecule has 0 saturated heterocycles. The Hall–Kier alpha value is -3.41. The van der Waals surface area contributed by atoms with Crippen molar-refractivity contribution in [3.63, 3.8) is 0 Å². The molecule has 0 aliphatic heterocycles. The van der Waals surface area contributed by atoms with Gasteiger partial charge >= 0.3 is 0 Å². The third-order valence-electron chi connectivity index (χ3n) is 4.65. The van der Waals surface area contributed by atoms with Crippen LogP contribution in [0.5, 0.6) is 0 Å². The maximum absolute atomic E-state index is 12.7. The summed E-state index contributed by atoms with van der Waals surface area (Å²) in [6, 6.07) is 14.7. The van der Waals surface area contributed by atoms with Gasteiger partial charge in [0.1, 0.15) is 0 Å². The number of para-hydroxylation sites is 1. The maximum Gasteiger partial charge on any atom is 0.251 e. The molecule has 0 aliphatic carbocycles. The molecule has 2 N–H and O–H groups in total. The van der Waals surface area contributed by atoms with Crippen LogP contribution in [0.3, 0.4) is 0 Å². The van der Waals surface area contributed by atoms with Crippen molar-refractivity contribution in [3.8, 4) is 5.69 Å². The van der Waals surface area contributed by atoms with E-state index < -0.39 is 0 Å². The lowest BCUT2D eigenvalue weighted by Crippen LogP contribution is -2.27. The number of rotatable bonds is 5. The first-order valence-corrected chi connectivity index (χ1v) is 9.16. The Morgan fingerprint density at radius 2 is 1.82 bits per heavy atom. The van der Waals surface area contributed by atoms with Crippen LogP contribution in [0.25, 0.3) is 5.69 Å². The van der Waals surface area contributed by atoms with Gasteiger partial charge in [-0.1, -0.05) is 24.3 Å². The average molecular weight is 376 g/mol. The highest BCUT2D eigenvalue weighted by atomic mass is 16.2. The Morgan fingerprint density at radius 1 is 1.07 bits per heavy atom. The Bertz CT molecular complexity index is 1020. The fraction of sp³-hybridized carbons (Fsp3) is 0.227. The van der Waals surface area contributed by atoms with E-state index in [9.17, 15) is 9.59 Å². The molecule has 3 aromatic rings. The van der Waals surface area contributed by atoms with E-state index in [2.05, 4.69) is 15.7 Å². The number of aryl methyl sites for hydroxylation is 1. The number of nitrogens with one attached hydrogen (secondary N) is 2. The summed E-state index contributed by atoms with van der Waals surface area (Å²) in [5.74, 6) is -0.382. The summed E-state index contributed by atoms with van der Waals surface area (Å²) in [4.78, 5) is 23.9. The first-order valence-electron chi connectivity index (χ1n) is 9.16. The number of hydrogen-bond donors (Lipinski definition) is 2. The van der Waals surface area contributed by atoms with E-state index in [4.69, 9.17) is 0 Å². The number of amides is 2. The summed E-state index contributed by atoms with van der Waals surface area (Å²) >= 11 is 0. The van der Waals surface area contributed by atoms with Crippen molar-refractivity contribution < 1.29 is 9.59 Å². The van der Waals surface area contributed by atoms with Crippen molar-refractivity contribution >= 4 is 17.5 Å². The zero-order valence-corrected chi connectivity index (χ0v) is 16.5. The Kier molecular flexibility index (Phi) is 5.59. The summed E-state index contributed by atoms with van der Waals surface area (Å²) in [6.45, 7) is 7.41. The molecule has 2 aromatic carbocycles. The fourth-order valence-corrected chi connectivity index (χ4v) is 3.19. The van der Waals surface area contributed by atoms with E-state index >= 15 is 0 Å². The number of carbonyl (C=O) groups excluding carboxylic acids is 2. The molecule has 6 nitrogen and oxygen atoms in total. The molecule has 3 rings (SSSR count). The first kappa shape index (κ1) is 19.4. The second-order valence-corrected chi connectivity index (χ2v) is 6.84. The van der Waals surface area contributed by atoms with Gasteiger partial charge in [-0.3, -0.25) is 9.59 Å². The highest BCUT2D eigenvalue weighted by Gasteiger charge is 2.18. The summed E-state index contributed by atoms with van der Waals surface area (Å²) in [5, 5.41) is 10.2. The predicted molar refractivity (Wildman–Crippen MR) is 110 cm³/mol. The van der Waals surface area contributed by atoms with Gasteiger partial charge in [0.25, 0.3) is 5.91 Å². The van der Waals surface area contributed by atoms with Crippen LogP contribution in [0.15, 0.2) is 54.7 Å². The summed E-state index contributed by atoms with van der Waals surface area (Å²) in [6.07, 6.45) is 1.79. The van der Waals surface area contributed by atoms with Crippen molar-refractivity contribution in [1.29, 1.82) is 0 Å². The normalized spacial score (nSPS) is 11.7. The van der Waals surface area contributed by atoms with E-state index in [0.29, 0.717) is 11.3 Å². The molecule has 1 unspecified atom stereocenters. The van der Waals surface area contributed by atoms with Gasteiger partial charge < -0.3 is 10.6 Å². The van der Waals surface area contributed by atoms with E-state index in [-0.39, 0.29) is 17.9 Å². The van der Waals surface area contributed by atoms with Gasteiger partial charge in [-0.15, -0.1) is 0 Å². The van der Waals surface area contributed by atoms with Crippen LogP contribution < -0.4 is 10.6 Å². The zero-order chi connectivity index (χ0) is 20.3. The molecular formula is C22H24N4O2. The van der Waals surface area contributed by atoms with Gasteiger partial charge in [-0.2, -0.15) is 5.10 Å². The molecule has 0 spiro atoms. The highest BCUT2D eigenvalue weighted by molar-refractivity contribution is 5.97. The van der Waals surface area contributed by atoms with Crippen molar-refractivity contribution in [2.75, 3.05) is 5.32 Å². The van der Waals surface area contributed by atoms with Gasteiger partial charge in [0, 0.05) is 29.4 Å². The number of aromatic nitrogens is 2. The molecule has 0 aliphatic rings. The fourth-order valence-electron chi connectivity index (χ4n) is 3.19. The molecule has 1 heterocycles. The lowest BCUT2D eigenvalue weighted by Gasteiger charge is -2.15. The van der Waals surface area contributed by atoms with Crippen LogP contribution in [0.2, 0.25) is 0 Å². The first-order chi connectivity index (χ1) is 13.4. The Labute approximate surface area is 164 Å². The van der Waals surface area contributed by atoms with Crippen LogP contribution in [0, 0.1) is 13.8 Å². The van der Waals surface area contributed by atoms with Crippen molar-refractivity contribution in [2.45, 2.75) is 33.7 Å². The average Bonchev–Trinajstić information content (AvgIpc) is 3.03. The van der Waals surface area contributed by atoms with E-state index in [1.807, 2.05) is 49.7 Å². The van der Waals surface area contributed by atoms with Gasteiger partial charge in [-0.05, 0) is 50.6 Å². The predicted octanol–water partition coefficient (Wildman–Crippen LogP) is 3.94. The Balaban J connectivity index is 1.79. The number of nitrogens with zero attached hydrogens (tertiary/aromatic N) is 2. The molecule has 0 radical (unpaired) electrons. The summed E-state index contributed by atoms with van der Waals surface area (Å²) < 4.78 is 1.89. The second kappa shape index (κ2) is 8.08. The quantitative estimate of drug-likeness (QED) is 0.708. The number of benzene rings is 2. The molecule has 6 heteroatoms. The SMILES string of the molecule is CC(=O)Nc1cccc(C(=O)NC(C)c2cnn(-c3ccccc3C)c2C)c1. The van der Waals surface area contributed by atoms with Crippen LogP contribution in [-0.4, -0.2) is 21.6 Å². The molecule has 2 amide bonds.